The molecule has 0 radical (unpaired) electrons. The van der Waals surface area contributed by atoms with Gasteiger partial charge in [-0.15, -0.1) is 0 Å². The van der Waals surface area contributed by atoms with Crippen molar-refractivity contribution in [1.29, 1.82) is 0 Å². The highest BCUT2D eigenvalue weighted by atomic mass is 19.1. The molecule has 1 atom stereocenters. The molecule has 0 aliphatic heterocycles. The molecular weight excluding hydrogens is 345 g/mol. The topological polar surface area (TPSA) is 74.5 Å². The van der Waals surface area contributed by atoms with Crippen LogP contribution in [0, 0.1) is 5.82 Å². The number of aliphatic hydroxyl groups is 1. The van der Waals surface area contributed by atoms with Crippen molar-refractivity contribution in [2.75, 3.05) is 19.6 Å². The maximum absolute atomic E-state index is 14.1. The van der Waals surface area contributed by atoms with Crippen molar-refractivity contribution in [2.45, 2.75) is 38.7 Å². The van der Waals surface area contributed by atoms with Crippen LogP contribution in [-0.4, -0.2) is 40.5 Å². The smallest absolute Gasteiger partial charge is 0.191 e. The molecule has 0 fully saturated rings. The van der Waals surface area contributed by atoms with E-state index in [9.17, 15) is 9.50 Å². The summed E-state index contributed by atoms with van der Waals surface area (Å²) < 4.78 is 15.8. The summed E-state index contributed by atoms with van der Waals surface area (Å²) in [6.07, 6.45) is 3.43. The molecule has 27 heavy (non-hydrogen) atoms. The first-order chi connectivity index (χ1) is 12.7. The maximum Gasteiger partial charge on any atom is 0.191 e. The average molecular weight is 375 g/mol. The fourth-order valence-corrected chi connectivity index (χ4v) is 2.77. The van der Waals surface area contributed by atoms with Gasteiger partial charge in [-0.05, 0) is 25.5 Å². The van der Waals surface area contributed by atoms with Crippen molar-refractivity contribution < 1.29 is 9.50 Å². The zero-order valence-corrected chi connectivity index (χ0v) is 16.8. The van der Waals surface area contributed by atoms with Crippen LogP contribution in [0.15, 0.2) is 41.7 Å². The van der Waals surface area contributed by atoms with Gasteiger partial charge in [-0.25, -0.2) is 4.39 Å². The first-order valence-electron chi connectivity index (χ1n) is 9.14. The molecule has 1 heterocycles. The summed E-state index contributed by atoms with van der Waals surface area (Å²) >= 11 is 0. The number of aryl methyl sites for hydroxylation is 1. The Morgan fingerprint density at radius 2 is 1.96 bits per heavy atom. The van der Waals surface area contributed by atoms with Gasteiger partial charge in [0, 0.05) is 30.8 Å². The summed E-state index contributed by atoms with van der Waals surface area (Å²) in [5, 5.41) is 21.1. The molecule has 1 unspecified atom stereocenters. The Balaban J connectivity index is 2.08. The Morgan fingerprint density at radius 1 is 1.26 bits per heavy atom. The van der Waals surface area contributed by atoms with Crippen molar-refractivity contribution >= 4 is 5.96 Å². The molecule has 0 aliphatic rings. The lowest BCUT2D eigenvalue weighted by Gasteiger charge is -2.26. The van der Waals surface area contributed by atoms with E-state index in [4.69, 9.17) is 0 Å². The molecule has 7 heteroatoms. The molecule has 148 valence electrons. The van der Waals surface area contributed by atoms with Crippen LogP contribution < -0.4 is 10.6 Å². The van der Waals surface area contributed by atoms with Crippen molar-refractivity contribution in [3.05, 3.63) is 53.6 Å². The molecule has 0 amide bonds. The summed E-state index contributed by atoms with van der Waals surface area (Å²) in [6.45, 7) is 8.97. The molecule has 2 rings (SSSR count). The van der Waals surface area contributed by atoms with Crippen LogP contribution in [0.25, 0.3) is 0 Å². The lowest BCUT2D eigenvalue weighted by atomic mass is 9.84. The van der Waals surface area contributed by atoms with Crippen molar-refractivity contribution in [2.24, 2.45) is 12.0 Å². The number of hydrogen-bond acceptors (Lipinski definition) is 3. The van der Waals surface area contributed by atoms with Gasteiger partial charge in [0.2, 0.25) is 0 Å². The minimum atomic E-state index is -1.09. The molecule has 0 bridgehead atoms. The third kappa shape index (κ3) is 5.53. The second-order valence-electron chi connectivity index (χ2n) is 7.59. The third-order valence-electron chi connectivity index (χ3n) is 4.51. The lowest BCUT2D eigenvalue weighted by molar-refractivity contribution is 0.0616. The Labute approximate surface area is 160 Å². The second-order valence-corrected chi connectivity index (χ2v) is 7.59. The van der Waals surface area contributed by atoms with Gasteiger partial charge in [0.25, 0.3) is 0 Å². The minimum Gasteiger partial charge on any atom is -0.383 e. The van der Waals surface area contributed by atoms with Gasteiger partial charge < -0.3 is 15.7 Å². The zero-order chi connectivity index (χ0) is 20.1. The molecule has 1 aromatic heterocycles. The third-order valence-corrected chi connectivity index (χ3v) is 4.51. The molecular formula is C20H30FN5O. The normalized spacial score (nSPS) is 14.7. The number of aromatic nitrogens is 2. The van der Waals surface area contributed by atoms with Gasteiger partial charge in [0.05, 0.1) is 19.3 Å². The van der Waals surface area contributed by atoms with E-state index in [-0.39, 0.29) is 12.4 Å². The summed E-state index contributed by atoms with van der Waals surface area (Å²) in [5.41, 5.74) is -0.197. The second kappa shape index (κ2) is 8.52. The largest absolute Gasteiger partial charge is 0.383 e. The van der Waals surface area contributed by atoms with E-state index in [2.05, 4.69) is 20.7 Å². The van der Waals surface area contributed by atoms with Gasteiger partial charge in [0.15, 0.2) is 5.96 Å². The molecule has 2 aromatic rings. The standard InChI is InChI=1S/C20H30FN5O/c1-6-22-18(24-14-20(4,27)15-11-25-26(5)12-15)23-13-19(2,3)16-9-7-8-10-17(16)21/h7-12,27H,6,13-14H2,1-5H3,(H2,22,23,24). The maximum atomic E-state index is 14.1. The number of benzene rings is 1. The van der Waals surface area contributed by atoms with Gasteiger partial charge in [-0.1, -0.05) is 32.0 Å². The molecule has 0 saturated carbocycles. The van der Waals surface area contributed by atoms with Crippen LogP contribution in [-0.2, 0) is 18.1 Å². The van der Waals surface area contributed by atoms with Crippen molar-refractivity contribution in [3.8, 4) is 0 Å². The average Bonchev–Trinajstić information content (AvgIpc) is 3.05. The molecule has 0 saturated heterocycles. The van der Waals surface area contributed by atoms with E-state index in [0.29, 0.717) is 24.6 Å². The van der Waals surface area contributed by atoms with E-state index in [1.807, 2.05) is 33.9 Å². The Bertz CT molecular complexity index is 782. The van der Waals surface area contributed by atoms with Crippen LogP contribution in [0.4, 0.5) is 4.39 Å². The monoisotopic (exact) mass is 375 g/mol. The van der Waals surface area contributed by atoms with E-state index in [0.717, 1.165) is 5.56 Å². The van der Waals surface area contributed by atoms with Crippen LogP contribution in [0.5, 0.6) is 0 Å². The van der Waals surface area contributed by atoms with E-state index in [1.165, 1.54) is 6.07 Å². The van der Waals surface area contributed by atoms with Gasteiger partial charge in [-0.3, -0.25) is 9.67 Å². The summed E-state index contributed by atoms with van der Waals surface area (Å²) in [5.74, 6) is 0.348. The minimum absolute atomic E-state index is 0.227. The highest BCUT2D eigenvalue weighted by Gasteiger charge is 2.26. The first kappa shape index (κ1) is 20.9. The fourth-order valence-electron chi connectivity index (χ4n) is 2.77. The number of guanidine groups is 1. The van der Waals surface area contributed by atoms with Crippen LogP contribution in [0.3, 0.4) is 0 Å². The first-order valence-corrected chi connectivity index (χ1v) is 9.14. The number of nitrogens with zero attached hydrogens (tertiary/aromatic N) is 3. The van der Waals surface area contributed by atoms with Crippen molar-refractivity contribution in [3.63, 3.8) is 0 Å². The van der Waals surface area contributed by atoms with E-state index < -0.39 is 11.0 Å². The fraction of sp³-hybridized carbons (Fsp3) is 0.500. The van der Waals surface area contributed by atoms with Crippen LogP contribution in [0.2, 0.25) is 0 Å². The Kier molecular flexibility index (Phi) is 6.59. The number of aliphatic imine (C=N–C) groups is 1. The Hall–Kier alpha value is -2.41. The predicted molar refractivity (Wildman–Crippen MR) is 106 cm³/mol. The number of rotatable bonds is 7. The summed E-state index contributed by atoms with van der Waals surface area (Å²) in [6, 6.07) is 6.77. The van der Waals surface area contributed by atoms with Gasteiger partial charge in [0.1, 0.15) is 11.4 Å². The van der Waals surface area contributed by atoms with Crippen LogP contribution >= 0.6 is 0 Å². The summed E-state index contributed by atoms with van der Waals surface area (Å²) in [4.78, 5) is 4.60. The molecule has 3 N–H and O–H groups in total. The summed E-state index contributed by atoms with van der Waals surface area (Å²) in [7, 11) is 1.81. The van der Waals surface area contributed by atoms with Crippen LogP contribution in [0.1, 0.15) is 38.8 Å². The molecule has 0 spiro atoms. The van der Waals surface area contributed by atoms with Gasteiger partial charge >= 0.3 is 0 Å². The zero-order valence-electron chi connectivity index (χ0n) is 16.8. The highest BCUT2D eigenvalue weighted by molar-refractivity contribution is 5.79. The number of halogens is 1. The SMILES string of the molecule is CCNC(=NCC(C)(C)c1ccccc1F)NCC(C)(O)c1cnn(C)c1. The number of hydrogen-bond donors (Lipinski definition) is 3. The van der Waals surface area contributed by atoms with Gasteiger partial charge in [-0.2, -0.15) is 5.10 Å². The highest BCUT2D eigenvalue weighted by Crippen LogP contribution is 2.26. The van der Waals surface area contributed by atoms with E-state index >= 15 is 0 Å². The Morgan fingerprint density at radius 3 is 2.56 bits per heavy atom. The lowest BCUT2D eigenvalue weighted by Crippen LogP contribution is -2.45. The molecule has 6 nitrogen and oxygen atoms in total. The number of nitrogens with one attached hydrogen (secondary N) is 2. The molecule has 1 aromatic carbocycles. The quantitative estimate of drug-likeness (QED) is 0.513. The molecule has 0 aliphatic carbocycles. The van der Waals surface area contributed by atoms with Crippen molar-refractivity contribution in [1.82, 2.24) is 20.4 Å². The van der Waals surface area contributed by atoms with E-state index in [1.54, 1.807) is 36.1 Å². The predicted octanol–water partition coefficient (Wildman–Crippen LogP) is 2.30.